The van der Waals surface area contributed by atoms with Crippen LogP contribution in [0.4, 0.5) is 0 Å². The summed E-state index contributed by atoms with van der Waals surface area (Å²) in [5, 5.41) is 20.1. The van der Waals surface area contributed by atoms with E-state index in [0.29, 0.717) is 5.16 Å². The van der Waals surface area contributed by atoms with Crippen molar-refractivity contribution in [2.75, 3.05) is 5.75 Å². The second-order valence-corrected chi connectivity index (χ2v) is 4.66. The number of hydrogen-bond acceptors (Lipinski definition) is 5. The predicted molar refractivity (Wildman–Crippen MR) is 66.3 cm³/mol. The van der Waals surface area contributed by atoms with Crippen molar-refractivity contribution in [2.45, 2.75) is 18.1 Å². The standard InChI is InChI=1S/C11H12N4O2S/c16-10(17)8-15-11(12-13-14-15)18-7-6-9-4-2-1-3-5-9/h1-5H,6-8H2,(H,16,17). The molecular formula is C11H12N4O2S. The first kappa shape index (κ1) is 12.6. The van der Waals surface area contributed by atoms with Gasteiger partial charge in [0.2, 0.25) is 5.16 Å². The van der Waals surface area contributed by atoms with Crippen molar-refractivity contribution >= 4 is 17.7 Å². The monoisotopic (exact) mass is 264 g/mol. The Balaban J connectivity index is 1.87. The zero-order valence-corrected chi connectivity index (χ0v) is 10.4. The van der Waals surface area contributed by atoms with Crippen LogP contribution in [0.2, 0.25) is 0 Å². The van der Waals surface area contributed by atoms with Crippen LogP contribution in [0, 0.1) is 0 Å². The van der Waals surface area contributed by atoms with E-state index < -0.39 is 5.97 Å². The van der Waals surface area contributed by atoms with Gasteiger partial charge < -0.3 is 5.11 Å². The Morgan fingerprint density at radius 1 is 1.33 bits per heavy atom. The number of aromatic nitrogens is 4. The zero-order chi connectivity index (χ0) is 12.8. The molecule has 0 aliphatic heterocycles. The van der Waals surface area contributed by atoms with Gasteiger partial charge in [-0.1, -0.05) is 42.1 Å². The predicted octanol–water partition coefficient (Wildman–Crippen LogP) is 1.09. The van der Waals surface area contributed by atoms with Gasteiger partial charge in [-0.15, -0.1) is 5.10 Å². The quantitative estimate of drug-likeness (QED) is 0.787. The van der Waals surface area contributed by atoms with E-state index in [9.17, 15) is 4.79 Å². The molecule has 7 heteroatoms. The minimum atomic E-state index is -0.952. The van der Waals surface area contributed by atoms with Crippen molar-refractivity contribution in [1.82, 2.24) is 20.2 Å². The van der Waals surface area contributed by atoms with E-state index in [4.69, 9.17) is 5.11 Å². The Bertz CT molecular complexity index is 515. The lowest BCUT2D eigenvalue weighted by Gasteiger charge is -2.01. The molecule has 2 rings (SSSR count). The van der Waals surface area contributed by atoms with Crippen molar-refractivity contribution in [2.24, 2.45) is 0 Å². The number of thioether (sulfide) groups is 1. The molecule has 6 nitrogen and oxygen atoms in total. The molecule has 94 valence electrons. The van der Waals surface area contributed by atoms with E-state index in [1.54, 1.807) is 0 Å². The number of aryl methyl sites for hydroxylation is 1. The molecule has 0 saturated heterocycles. The average molecular weight is 264 g/mol. The van der Waals surface area contributed by atoms with Crippen LogP contribution in [0.15, 0.2) is 35.5 Å². The van der Waals surface area contributed by atoms with Crippen LogP contribution in [0.25, 0.3) is 0 Å². The molecule has 1 heterocycles. The Kier molecular flexibility index (Phi) is 4.30. The molecule has 1 aromatic carbocycles. The first-order valence-corrected chi connectivity index (χ1v) is 6.39. The van der Waals surface area contributed by atoms with Gasteiger partial charge in [-0.2, -0.15) is 0 Å². The summed E-state index contributed by atoms with van der Waals surface area (Å²) in [7, 11) is 0. The van der Waals surface area contributed by atoms with Crippen LogP contribution in [-0.2, 0) is 17.8 Å². The van der Waals surface area contributed by atoms with Crippen molar-refractivity contribution in [3.8, 4) is 0 Å². The number of nitrogens with zero attached hydrogens (tertiary/aromatic N) is 4. The zero-order valence-electron chi connectivity index (χ0n) is 9.56. The van der Waals surface area contributed by atoms with Crippen LogP contribution in [-0.4, -0.2) is 37.0 Å². The molecule has 1 aromatic heterocycles. The van der Waals surface area contributed by atoms with E-state index in [-0.39, 0.29) is 6.54 Å². The van der Waals surface area contributed by atoms with Crippen LogP contribution < -0.4 is 0 Å². The number of aliphatic carboxylic acids is 1. The van der Waals surface area contributed by atoms with Gasteiger partial charge in [-0.25, -0.2) is 4.68 Å². The van der Waals surface area contributed by atoms with Gasteiger partial charge in [0.25, 0.3) is 0 Å². The maximum absolute atomic E-state index is 10.6. The van der Waals surface area contributed by atoms with Gasteiger partial charge in [-0.05, 0) is 22.4 Å². The topological polar surface area (TPSA) is 80.9 Å². The lowest BCUT2D eigenvalue weighted by Crippen LogP contribution is -2.11. The van der Waals surface area contributed by atoms with Gasteiger partial charge >= 0.3 is 5.97 Å². The average Bonchev–Trinajstić information content (AvgIpc) is 2.77. The fourth-order valence-electron chi connectivity index (χ4n) is 1.43. The fraction of sp³-hybridized carbons (Fsp3) is 0.273. The highest BCUT2D eigenvalue weighted by atomic mass is 32.2. The van der Waals surface area contributed by atoms with E-state index in [0.717, 1.165) is 12.2 Å². The summed E-state index contributed by atoms with van der Waals surface area (Å²) in [5.41, 5.74) is 1.24. The third kappa shape index (κ3) is 3.56. The molecule has 1 N–H and O–H groups in total. The highest BCUT2D eigenvalue weighted by Crippen LogP contribution is 2.15. The van der Waals surface area contributed by atoms with E-state index >= 15 is 0 Å². The second-order valence-electron chi connectivity index (χ2n) is 3.60. The van der Waals surface area contributed by atoms with Crippen molar-refractivity contribution < 1.29 is 9.90 Å². The van der Waals surface area contributed by atoms with Crippen molar-refractivity contribution in [3.63, 3.8) is 0 Å². The Morgan fingerprint density at radius 3 is 2.83 bits per heavy atom. The molecule has 0 aliphatic carbocycles. The third-order valence-electron chi connectivity index (χ3n) is 2.25. The summed E-state index contributed by atoms with van der Waals surface area (Å²) in [6.45, 7) is -0.208. The fourth-order valence-corrected chi connectivity index (χ4v) is 2.30. The van der Waals surface area contributed by atoms with E-state index in [1.165, 1.54) is 22.0 Å². The summed E-state index contributed by atoms with van der Waals surface area (Å²) in [4.78, 5) is 10.6. The van der Waals surface area contributed by atoms with Gasteiger partial charge in [0.1, 0.15) is 6.54 Å². The molecular weight excluding hydrogens is 252 g/mol. The molecule has 18 heavy (non-hydrogen) atoms. The first-order valence-electron chi connectivity index (χ1n) is 5.40. The molecule has 0 bridgehead atoms. The SMILES string of the molecule is O=C(O)Cn1nnnc1SCCc1ccccc1. The first-order chi connectivity index (χ1) is 8.75. The highest BCUT2D eigenvalue weighted by Gasteiger charge is 2.09. The van der Waals surface area contributed by atoms with Crippen LogP contribution in [0.1, 0.15) is 5.56 Å². The van der Waals surface area contributed by atoms with Gasteiger partial charge in [0.05, 0.1) is 0 Å². The van der Waals surface area contributed by atoms with Gasteiger partial charge in [0, 0.05) is 5.75 Å². The minimum Gasteiger partial charge on any atom is -0.480 e. The number of carboxylic acid groups (broad SMARTS) is 1. The molecule has 0 saturated carbocycles. The molecule has 2 aromatic rings. The summed E-state index contributed by atoms with van der Waals surface area (Å²) in [6, 6.07) is 10.1. The number of rotatable bonds is 6. The molecule has 0 unspecified atom stereocenters. The van der Waals surface area contributed by atoms with Crippen LogP contribution >= 0.6 is 11.8 Å². The largest absolute Gasteiger partial charge is 0.480 e. The molecule has 0 fully saturated rings. The summed E-state index contributed by atoms with van der Waals surface area (Å²) in [5.74, 6) is -0.142. The third-order valence-corrected chi connectivity index (χ3v) is 3.21. The molecule has 0 radical (unpaired) electrons. The number of benzene rings is 1. The van der Waals surface area contributed by atoms with E-state index in [1.807, 2.05) is 18.2 Å². The summed E-state index contributed by atoms with van der Waals surface area (Å²) >= 11 is 1.45. The van der Waals surface area contributed by atoms with Crippen LogP contribution in [0.5, 0.6) is 0 Å². The molecule has 0 amide bonds. The van der Waals surface area contributed by atoms with Crippen molar-refractivity contribution in [1.29, 1.82) is 0 Å². The lowest BCUT2D eigenvalue weighted by molar-refractivity contribution is -0.138. The summed E-state index contributed by atoms with van der Waals surface area (Å²) in [6.07, 6.45) is 0.894. The highest BCUT2D eigenvalue weighted by molar-refractivity contribution is 7.99. The normalized spacial score (nSPS) is 10.4. The number of carbonyl (C=O) groups is 1. The molecule has 0 aliphatic rings. The number of carboxylic acids is 1. The Labute approximate surface area is 108 Å². The molecule has 0 atom stereocenters. The second kappa shape index (κ2) is 6.15. The number of tetrazole rings is 1. The Hall–Kier alpha value is -1.89. The number of hydrogen-bond donors (Lipinski definition) is 1. The van der Waals surface area contributed by atoms with E-state index in [2.05, 4.69) is 27.7 Å². The lowest BCUT2D eigenvalue weighted by atomic mass is 10.2. The maximum Gasteiger partial charge on any atom is 0.325 e. The van der Waals surface area contributed by atoms with Gasteiger partial charge in [-0.3, -0.25) is 4.79 Å². The van der Waals surface area contributed by atoms with Crippen LogP contribution in [0.3, 0.4) is 0 Å². The summed E-state index contributed by atoms with van der Waals surface area (Å²) < 4.78 is 1.29. The smallest absolute Gasteiger partial charge is 0.325 e. The van der Waals surface area contributed by atoms with Crippen molar-refractivity contribution in [3.05, 3.63) is 35.9 Å². The Morgan fingerprint density at radius 2 is 2.11 bits per heavy atom. The molecule has 0 spiro atoms. The van der Waals surface area contributed by atoms with Gasteiger partial charge in [0.15, 0.2) is 0 Å². The maximum atomic E-state index is 10.6. The minimum absolute atomic E-state index is 0.208.